The standard InChI is InChI=1S/C14H13BrClFN2/c15-11-4-9(7-19-8-11)5-12(18)6-10-2-1-3-13(16)14(10)17/h1-4,7-8,12H,5-6,18H2. The van der Waals surface area contributed by atoms with Gasteiger partial charge in [0.15, 0.2) is 0 Å². The monoisotopic (exact) mass is 342 g/mol. The van der Waals surface area contributed by atoms with E-state index in [0.717, 1.165) is 10.0 Å². The highest BCUT2D eigenvalue weighted by molar-refractivity contribution is 9.10. The molecule has 1 atom stereocenters. The highest BCUT2D eigenvalue weighted by Crippen LogP contribution is 2.19. The molecule has 0 fully saturated rings. The summed E-state index contributed by atoms with van der Waals surface area (Å²) in [5.41, 5.74) is 7.62. The van der Waals surface area contributed by atoms with Crippen molar-refractivity contribution in [3.05, 3.63) is 63.1 Å². The summed E-state index contributed by atoms with van der Waals surface area (Å²) in [6, 6.07) is 6.75. The highest BCUT2D eigenvalue weighted by atomic mass is 79.9. The topological polar surface area (TPSA) is 38.9 Å². The van der Waals surface area contributed by atoms with Crippen LogP contribution in [0.2, 0.25) is 5.02 Å². The average molecular weight is 344 g/mol. The third-order valence-corrected chi connectivity index (χ3v) is 3.50. The van der Waals surface area contributed by atoms with Gasteiger partial charge in [0.1, 0.15) is 5.82 Å². The molecule has 0 aliphatic carbocycles. The van der Waals surface area contributed by atoms with E-state index in [2.05, 4.69) is 20.9 Å². The lowest BCUT2D eigenvalue weighted by Gasteiger charge is -2.12. The zero-order valence-electron chi connectivity index (χ0n) is 10.1. The number of rotatable bonds is 4. The Morgan fingerprint density at radius 1 is 1.32 bits per heavy atom. The maximum atomic E-state index is 13.8. The molecule has 0 saturated heterocycles. The van der Waals surface area contributed by atoms with Crippen molar-refractivity contribution < 1.29 is 4.39 Å². The van der Waals surface area contributed by atoms with Gasteiger partial charge >= 0.3 is 0 Å². The maximum absolute atomic E-state index is 13.8. The Morgan fingerprint density at radius 2 is 2.11 bits per heavy atom. The van der Waals surface area contributed by atoms with Gasteiger partial charge in [-0.15, -0.1) is 0 Å². The Hall–Kier alpha value is -0.970. The lowest BCUT2D eigenvalue weighted by Crippen LogP contribution is -2.26. The quantitative estimate of drug-likeness (QED) is 0.918. The number of hydrogen-bond acceptors (Lipinski definition) is 2. The molecule has 2 nitrogen and oxygen atoms in total. The Labute approximate surface area is 124 Å². The van der Waals surface area contributed by atoms with E-state index in [1.165, 1.54) is 6.07 Å². The van der Waals surface area contributed by atoms with Crippen molar-refractivity contribution in [3.63, 3.8) is 0 Å². The van der Waals surface area contributed by atoms with E-state index in [1.807, 2.05) is 6.07 Å². The summed E-state index contributed by atoms with van der Waals surface area (Å²) < 4.78 is 14.7. The summed E-state index contributed by atoms with van der Waals surface area (Å²) in [5.74, 6) is -0.382. The molecule has 1 aromatic heterocycles. The van der Waals surface area contributed by atoms with E-state index in [4.69, 9.17) is 17.3 Å². The molecular formula is C14H13BrClFN2. The van der Waals surface area contributed by atoms with Crippen molar-refractivity contribution in [2.45, 2.75) is 18.9 Å². The molecule has 2 rings (SSSR count). The third-order valence-electron chi connectivity index (χ3n) is 2.77. The van der Waals surface area contributed by atoms with Crippen LogP contribution in [-0.2, 0) is 12.8 Å². The zero-order chi connectivity index (χ0) is 13.8. The van der Waals surface area contributed by atoms with Crippen LogP contribution >= 0.6 is 27.5 Å². The molecule has 1 heterocycles. The van der Waals surface area contributed by atoms with Gasteiger partial charge in [0.25, 0.3) is 0 Å². The molecular weight excluding hydrogens is 331 g/mol. The SMILES string of the molecule is NC(Cc1cncc(Br)c1)Cc1cccc(Cl)c1F. The molecule has 2 N–H and O–H groups in total. The minimum Gasteiger partial charge on any atom is -0.327 e. The minimum atomic E-state index is -0.382. The first kappa shape index (κ1) is 14.4. The molecule has 0 amide bonds. The molecule has 0 aliphatic rings. The van der Waals surface area contributed by atoms with Crippen LogP contribution in [0.1, 0.15) is 11.1 Å². The fraction of sp³-hybridized carbons (Fsp3) is 0.214. The predicted molar refractivity (Wildman–Crippen MR) is 78.7 cm³/mol. The van der Waals surface area contributed by atoms with Gasteiger partial charge in [0.05, 0.1) is 5.02 Å². The van der Waals surface area contributed by atoms with Crippen LogP contribution in [0.3, 0.4) is 0 Å². The number of halogens is 3. The zero-order valence-corrected chi connectivity index (χ0v) is 12.5. The van der Waals surface area contributed by atoms with Crippen LogP contribution in [-0.4, -0.2) is 11.0 Å². The van der Waals surface area contributed by atoms with Crippen LogP contribution in [0.15, 0.2) is 41.1 Å². The highest BCUT2D eigenvalue weighted by Gasteiger charge is 2.11. The van der Waals surface area contributed by atoms with E-state index in [-0.39, 0.29) is 16.9 Å². The van der Waals surface area contributed by atoms with Crippen LogP contribution in [0.5, 0.6) is 0 Å². The van der Waals surface area contributed by atoms with Crippen LogP contribution < -0.4 is 5.73 Å². The second-order valence-corrected chi connectivity index (χ2v) is 5.72. The van der Waals surface area contributed by atoms with Gasteiger partial charge in [0, 0.05) is 22.9 Å². The number of hydrogen-bond donors (Lipinski definition) is 1. The fourth-order valence-electron chi connectivity index (χ4n) is 1.93. The van der Waals surface area contributed by atoms with Crippen molar-refractivity contribution in [3.8, 4) is 0 Å². The Morgan fingerprint density at radius 3 is 2.84 bits per heavy atom. The molecule has 0 radical (unpaired) electrons. The molecule has 0 spiro atoms. The number of aromatic nitrogens is 1. The van der Waals surface area contributed by atoms with Crippen molar-refractivity contribution >= 4 is 27.5 Å². The molecule has 100 valence electrons. The van der Waals surface area contributed by atoms with Crippen LogP contribution in [0, 0.1) is 5.82 Å². The molecule has 0 bridgehead atoms. The minimum absolute atomic E-state index is 0.133. The summed E-state index contributed by atoms with van der Waals surface area (Å²) in [7, 11) is 0. The van der Waals surface area contributed by atoms with Crippen molar-refractivity contribution in [2.75, 3.05) is 0 Å². The molecule has 19 heavy (non-hydrogen) atoms. The van der Waals surface area contributed by atoms with E-state index in [0.29, 0.717) is 18.4 Å². The van der Waals surface area contributed by atoms with Gasteiger partial charge in [0.2, 0.25) is 0 Å². The number of pyridine rings is 1. The summed E-state index contributed by atoms with van der Waals surface area (Å²) in [6.07, 6.45) is 4.56. The smallest absolute Gasteiger partial charge is 0.145 e. The Bertz CT molecular complexity index is 577. The molecule has 1 unspecified atom stereocenters. The molecule has 5 heteroatoms. The largest absolute Gasteiger partial charge is 0.327 e. The number of nitrogens with two attached hydrogens (primary N) is 1. The molecule has 2 aromatic rings. The fourth-order valence-corrected chi connectivity index (χ4v) is 2.54. The summed E-state index contributed by atoms with van der Waals surface area (Å²) in [6.45, 7) is 0. The number of nitrogens with zero attached hydrogens (tertiary/aromatic N) is 1. The van der Waals surface area contributed by atoms with Gasteiger partial charge in [-0.2, -0.15) is 0 Å². The lowest BCUT2D eigenvalue weighted by atomic mass is 10.0. The first-order valence-electron chi connectivity index (χ1n) is 5.84. The maximum Gasteiger partial charge on any atom is 0.145 e. The Kier molecular flexibility index (Phi) is 4.91. The number of benzene rings is 1. The first-order chi connectivity index (χ1) is 9.06. The molecule has 0 saturated carbocycles. The molecule has 1 aromatic carbocycles. The van der Waals surface area contributed by atoms with Crippen molar-refractivity contribution in [1.82, 2.24) is 4.98 Å². The van der Waals surface area contributed by atoms with Gasteiger partial charge in [-0.1, -0.05) is 23.7 Å². The van der Waals surface area contributed by atoms with E-state index in [1.54, 1.807) is 24.5 Å². The van der Waals surface area contributed by atoms with Gasteiger partial charge < -0.3 is 5.73 Å². The van der Waals surface area contributed by atoms with E-state index >= 15 is 0 Å². The normalized spacial score (nSPS) is 12.4. The molecule has 0 aliphatic heterocycles. The van der Waals surface area contributed by atoms with Crippen molar-refractivity contribution in [1.29, 1.82) is 0 Å². The first-order valence-corrected chi connectivity index (χ1v) is 7.01. The van der Waals surface area contributed by atoms with Crippen molar-refractivity contribution in [2.24, 2.45) is 5.73 Å². The van der Waals surface area contributed by atoms with Gasteiger partial charge in [-0.05, 0) is 52.0 Å². The third kappa shape index (κ3) is 4.00. The van der Waals surface area contributed by atoms with E-state index in [9.17, 15) is 4.39 Å². The predicted octanol–water partition coefficient (Wildman–Crippen LogP) is 3.75. The van der Waals surface area contributed by atoms with Gasteiger partial charge in [-0.25, -0.2) is 4.39 Å². The average Bonchev–Trinajstić information content (AvgIpc) is 2.35. The second kappa shape index (κ2) is 6.46. The van der Waals surface area contributed by atoms with Gasteiger partial charge in [-0.3, -0.25) is 4.98 Å². The Balaban J connectivity index is 2.05. The van der Waals surface area contributed by atoms with Crippen LogP contribution in [0.4, 0.5) is 4.39 Å². The summed E-state index contributed by atoms with van der Waals surface area (Å²) >= 11 is 9.11. The lowest BCUT2D eigenvalue weighted by molar-refractivity contribution is 0.584. The van der Waals surface area contributed by atoms with Crippen LogP contribution in [0.25, 0.3) is 0 Å². The summed E-state index contributed by atoms with van der Waals surface area (Å²) in [4.78, 5) is 4.08. The summed E-state index contributed by atoms with van der Waals surface area (Å²) in [5, 5.41) is 0.133. The van der Waals surface area contributed by atoms with E-state index < -0.39 is 0 Å². The second-order valence-electron chi connectivity index (χ2n) is 4.39.